The van der Waals surface area contributed by atoms with E-state index in [0.29, 0.717) is 17.8 Å². The average Bonchev–Trinajstić information content (AvgIpc) is 2.40. The fraction of sp³-hybridized carbons (Fsp3) is 0.467. The van der Waals surface area contributed by atoms with Gasteiger partial charge in [-0.25, -0.2) is 0 Å². The summed E-state index contributed by atoms with van der Waals surface area (Å²) in [6.07, 6.45) is 1.79. The van der Waals surface area contributed by atoms with E-state index in [4.69, 9.17) is 0 Å². The van der Waals surface area contributed by atoms with Gasteiger partial charge in [0.05, 0.1) is 17.3 Å². The van der Waals surface area contributed by atoms with E-state index in [0.717, 1.165) is 17.3 Å². The zero-order valence-corrected chi connectivity index (χ0v) is 13.3. The van der Waals surface area contributed by atoms with Gasteiger partial charge in [0.25, 0.3) is 0 Å². The summed E-state index contributed by atoms with van der Waals surface area (Å²) in [5, 5.41) is 12.5. The summed E-state index contributed by atoms with van der Waals surface area (Å²) in [6, 6.07) is 7.67. The molecule has 1 fully saturated rings. The van der Waals surface area contributed by atoms with Gasteiger partial charge in [0.2, 0.25) is 5.91 Å². The van der Waals surface area contributed by atoms with Gasteiger partial charge in [-0.1, -0.05) is 29.8 Å². The second kappa shape index (κ2) is 6.38. The Morgan fingerprint density at radius 2 is 2.25 bits per heavy atom. The van der Waals surface area contributed by atoms with Crippen LogP contribution in [0.5, 0.6) is 0 Å². The van der Waals surface area contributed by atoms with Crippen LogP contribution in [-0.4, -0.2) is 24.5 Å². The molecule has 0 aliphatic carbocycles. The number of carbonyl (C=O) groups excluding carboxylic acids is 1. The van der Waals surface area contributed by atoms with Crippen LogP contribution in [0.15, 0.2) is 22.7 Å². The van der Waals surface area contributed by atoms with Gasteiger partial charge in [0.15, 0.2) is 0 Å². The molecule has 106 valence electrons. The quantitative estimate of drug-likeness (QED) is 0.923. The average molecular weight is 336 g/mol. The van der Waals surface area contributed by atoms with Crippen molar-refractivity contribution in [2.24, 2.45) is 0 Å². The van der Waals surface area contributed by atoms with Crippen molar-refractivity contribution in [3.8, 4) is 6.07 Å². The number of hydrogen-bond donors (Lipinski definition) is 1. The number of amides is 1. The van der Waals surface area contributed by atoms with Gasteiger partial charge in [-0.3, -0.25) is 4.79 Å². The van der Waals surface area contributed by atoms with Gasteiger partial charge in [-0.15, -0.1) is 0 Å². The van der Waals surface area contributed by atoms with Gasteiger partial charge in [0.1, 0.15) is 6.07 Å². The van der Waals surface area contributed by atoms with Crippen LogP contribution in [0, 0.1) is 11.3 Å². The zero-order valence-electron chi connectivity index (χ0n) is 11.7. The van der Waals surface area contributed by atoms with Gasteiger partial charge < -0.3 is 10.2 Å². The van der Waals surface area contributed by atoms with Crippen LogP contribution >= 0.6 is 15.9 Å². The second-order valence-corrected chi connectivity index (χ2v) is 6.20. The maximum absolute atomic E-state index is 12.6. The van der Waals surface area contributed by atoms with E-state index >= 15 is 0 Å². The molecule has 1 aromatic carbocycles. The molecule has 0 spiro atoms. The number of halogens is 1. The number of hydrogen-bond acceptors (Lipinski definition) is 3. The van der Waals surface area contributed by atoms with Gasteiger partial charge >= 0.3 is 0 Å². The molecular formula is C15H18BrN3O. The van der Waals surface area contributed by atoms with Crippen LogP contribution in [-0.2, 0) is 4.79 Å². The lowest BCUT2D eigenvalue weighted by Crippen LogP contribution is -2.52. The van der Waals surface area contributed by atoms with E-state index in [1.807, 2.05) is 26.0 Å². The molecule has 1 atom stereocenters. The third-order valence-electron chi connectivity index (χ3n) is 3.34. The normalized spacial score (nSPS) is 19.2. The number of nitrogens with zero attached hydrogens (tertiary/aromatic N) is 2. The number of rotatable bonds is 3. The van der Waals surface area contributed by atoms with Crippen molar-refractivity contribution in [1.82, 2.24) is 5.32 Å². The molecule has 5 heteroatoms. The lowest BCUT2D eigenvalue weighted by molar-refractivity contribution is -0.121. The van der Waals surface area contributed by atoms with Crippen LogP contribution < -0.4 is 10.2 Å². The van der Waals surface area contributed by atoms with Crippen molar-refractivity contribution in [1.29, 1.82) is 5.26 Å². The Morgan fingerprint density at radius 1 is 1.50 bits per heavy atom. The van der Waals surface area contributed by atoms with Crippen molar-refractivity contribution >= 4 is 27.5 Å². The summed E-state index contributed by atoms with van der Waals surface area (Å²) in [7, 11) is 0. The Bertz CT molecular complexity index is 551. The number of piperidine rings is 1. The van der Waals surface area contributed by atoms with Crippen LogP contribution in [0.4, 0.5) is 5.69 Å². The molecule has 1 saturated heterocycles. The summed E-state index contributed by atoms with van der Waals surface area (Å²) < 4.78 is 0.873. The van der Waals surface area contributed by atoms with E-state index in [1.54, 1.807) is 11.0 Å². The number of anilines is 1. The number of benzene rings is 1. The van der Waals surface area contributed by atoms with Crippen LogP contribution in [0.25, 0.3) is 0 Å². The topological polar surface area (TPSA) is 56.1 Å². The summed E-state index contributed by atoms with van der Waals surface area (Å²) in [6.45, 7) is 4.73. The summed E-state index contributed by atoms with van der Waals surface area (Å²) in [5.41, 5.74) is 1.23. The molecule has 1 aromatic rings. The van der Waals surface area contributed by atoms with E-state index < -0.39 is 0 Å². The van der Waals surface area contributed by atoms with E-state index in [1.165, 1.54) is 0 Å². The predicted octanol–water partition coefficient (Wildman–Crippen LogP) is 2.81. The lowest BCUT2D eigenvalue weighted by Gasteiger charge is -2.34. The van der Waals surface area contributed by atoms with E-state index in [9.17, 15) is 10.1 Å². The Kier molecular flexibility index (Phi) is 4.79. The number of carbonyl (C=O) groups is 1. The van der Waals surface area contributed by atoms with Crippen molar-refractivity contribution in [2.45, 2.75) is 38.8 Å². The first-order chi connectivity index (χ1) is 9.52. The van der Waals surface area contributed by atoms with E-state index in [-0.39, 0.29) is 18.0 Å². The Labute approximate surface area is 127 Å². The first-order valence-corrected chi connectivity index (χ1v) is 7.59. The predicted molar refractivity (Wildman–Crippen MR) is 82.5 cm³/mol. The van der Waals surface area contributed by atoms with Gasteiger partial charge in [-0.2, -0.15) is 5.26 Å². The number of nitriles is 1. The fourth-order valence-electron chi connectivity index (χ4n) is 2.49. The number of nitrogens with one attached hydrogen (secondary N) is 1. The standard InChI is InChI=1S/C15H18BrN3O/c1-10(2)18-13-4-3-7-19(15(13)20)14-8-12(16)6-5-11(14)9-17/h5-6,8,10,13,18H,3-4,7H2,1-2H3. The highest BCUT2D eigenvalue weighted by atomic mass is 79.9. The molecule has 4 nitrogen and oxygen atoms in total. The smallest absolute Gasteiger partial charge is 0.244 e. The van der Waals surface area contributed by atoms with Crippen molar-refractivity contribution in [2.75, 3.05) is 11.4 Å². The molecule has 20 heavy (non-hydrogen) atoms. The molecule has 2 rings (SSSR count). The maximum atomic E-state index is 12.6. The van der Waals surface area contributed by atoms with Gasteiger partial charge in [-0.05, 0) is 31.0 Å². The molecule has 0 aromatic heterocycles. The molecule has 0 radical (unpaired) electrons. The molecule has 1 heterocycles. The molecular weight excluding hydrogens is 318 g/mol. The van der Waals surface area contributed by atoms with Gasteiger partial charge in [0, 0.05) is 17.1 Å². The minimum Gasteiger partial charge on any atom is -0.310 e. The highest BCUT2D eigenvalue weighted by Crippen LogP contribution is 2.28. The lowest BCUT2D eigenvalue weighted by atomic mass is 10.0. The summed E-state index contributed by atoms with van der Waals surface area (Å²) in [5.74, 6) is 0.0551. The monoisotopic (exact) mass is 335 g/mol. The highest BCUT2D eigenvalue weighted by molar-refractivity contribution is 9.10. The molecule has 0 saturated carbocycles. The Hall–Kier alpha value is -1.38. The largest absolute Gasteiger partial charge is 0.310 e. The third kappa shape index (κ3) is 3.20. The highest BCUT2D eigenvalue weighted by Gasteiger charge is 2.31. The maximum Gasteiger partial charge on any atom is 0.244 e. The minimum atomic E-state index is -0.158. The molecule has 1 unspecified atom stereocenters. The summed E-state index contributed by atoms with van der Waals surface area (Å²) >= 11 is 3.40. The SMILES string of the molecule is CC(C)NC1CCCN(c2cc(Br)ccc2C#N)C1=O. The Balaban J connectivity index is 2.30. The Morgan fingerprint density at radius 3 is 2.90 bits per heavy atom. The van der Waals surface area contributed by atoms with Crippen molar-refractivity contribution in [3.63, 3.8) is 0 Å². The summed E-state index contributed by atoms with van der Waals surface area (Å²) in [4.78, 5) is 14.3. The van der Waals surface area contributed by atoms with Crippen LogP contribution in [0.2, 0.25) is 0 Å². The molecule has 1 aliphatic rings. The third-order valence-corrected chi connectivity index (χ3v) is 3.84. The van der Waals surface area contributed by atoms with Crippen molar-refractivity contribution in [3.05, 3.63) is 28.2 Å². The first-order valence-electron chi connectivity index (χ1n) is 6.80. The zero-order chi connectivity index (χ0) is 14.7. The second-order valence-electron chi connectivity index (χ2n) is 5.28. The van der Waals surface area contributed by atoms with Crippen LogP contribution in [0.1, 0.15) is 32.3 Å². The minimum absolute atomic E-state index is 0.0551. The van der Waals surface area contributed by atoms with Crippen LogP contribution in [0.3, 0.4) is 0 Å². The molecule has 1 aliphatic heterocycles. The fourth-order valence-corrected chi connectivity index (χ4v) is 2.84. The van der Waals surface area contributed by atoms with E-state index in [2.05, 4.69) is 27.3 Å². The molecule has 1 amide bonds. The molecule has 1 N–H and O–H groups in total. The van der Waals surface area contributed by atoms with Crippen molar-refractivity contribution < 1.29 is 4.79 Å². The first kappa shape index (κ1) is 15.0. The molecule has 0 bridgehead atoms.